The van der Waals surface area contributed by atoms with E-state index in [1.807, 2.05) is 19.2 Å². The molecule has 1 aromatic heterocycles. The van der Waals surface area contributed by atoms with Crippen LogP contribution in [-0.4, -0.2) is 21.5 Å². The van der Waals surface area contributed by atoms with E-state index in [-0.39, 0.29) is 12.2 Å². The SMILES string of the molecule is CCC(O)(CC)C(=O)Cc1nccs1. The molecule has 0 unspecified atom stereocenters. The average molecular weight is 213 g/mol. The van der Waals surface area contributed by atoms with E-state index in [9.17, 15) is 9.90 Å². The second-order valence-corrected chi connectivity index (χ2v) is 4.24. The van der Waals surface area contributed by atoms with Crippen molar-refractivity contribution in [3.63, 3.8) is 0 Å². The Morgan fingerprint density at radius 3 is 2.64 bits per heavy atom. The quantitative estimate of drug-likeness (QED) is 0.811. The number of aromatic nitrogens is 1. The molecule has 4 heteroatoms. The molecule has 0 fully saturated rings. The maximum Gasteiger partial charge on any atom is 0.171 e. The van der Waals surface area contributed by atoms with Gasteiger partial charge in [0.1, 0.15) is 5.60 Å². The van der Waals surface area contributed by atoms with Crippen molar-refractivity contribution in [1.82, 2.24) is 4.98 Å². The highest BCUT2D eigenvalue weighted by atomic mass is 32.1. The van der Waals surface area contributed by atoms with Crippen molar-refractivity contribution in [2.24, 2.45) is 0 Å². The minimum atomic E-state index is -1.16. The molecule has 0 aliphatic heterocycles. The van der Waals surface area contributed by atoms with Crippen LogP contribution in [0.4, 0.5) is 0 Å². The van der Waals surface area contributed by atoms with Crippen LogP contribution in [0.3, 0.4) is 0 Å². The number of thiazole rings is 1. The monoisotopic (exact) mass is 213 g/mol. The Balaban J connectivity index is 2.66. The number of hydrogen-bond donors (Lipinski definition) is 1. The molecule has 78 valence electrons. The minimum absolute atomic E-state index is 0.127. The van der Waals surface area contributed by atoms with Crippen molar-refractivity contribution in [1.29, 1.82) is 0 Å². The van der Waals surface area contributed by atoms with Crippen LogP contribution in [-0.2, 0) is 11.2 Å². The normalized spacial score (nSPS) is 11.6. The van der Waals surface area contributed by atoms with Crippen molar-refractivity contribution in [3.05, 3.63) is 16.6 Å². The van der Waals surface area contributed by atoms with Gasteiger partial charge in [-0.1, -0.05) is 13.8 Å². The van der Waals surface area contributed by atoms with Gasteiger partial charge in [0.2, 0.25) is 0 Å². The third-order valence-electron chi connectivity index (χ3n) is 2.48. The number of carbonyl (C=O) groups is 1. The van der Waals surface area contributed by atoms with Gasteiger partial charge in [0, 0.05) is 11.6 Å². The third kappa shape index (κ3) is 2.39. The molecule has 0 amide bonds. The molecular formula is C10H15NO2S. The number of aliphatic hydroxyl groups is 1. The molecule has 1 rings (SSSR count). The van der Waals surface area contributed by atoms with Crippen molar-refractivity contribution < 1.29 is 9.90 Å². The lowest BCUT2D eigenvalue weighted by Gasteiger charge is -2.22. The molecule has 0 aromatic carbocycles. The van der Waals surface area contributed by atoms with Gasteiger partial charge in [-0.25, -0.2) is 4.98 Å². The first kappa shape index (κ1) is 11.3. The molecule has 0 aliphatic carbocycles. The van der Waals surface area contributed by atoms with Crippen LogP contribution >= 0.6 is 11.3 Å². The molecule has 0 bridgehead atoms. The smallest absolute Gasteiger partial charge is 0.171 e. The van der Waals surface area contributed by atoms with E-state index in [1.165, 1.54) is 11.3 Å². The molecule has 1 N–H and O–H groups in total. The van der Waals surface area contributed by atoms with E-state index in [2.05, 4.69) is 4.98 Å². The number of ketones is 1. The molecule has 1 heterocycles. The largest absolute Gasteiger partial charge is 0.382 e. The molecule has 3 nitrogen and oxygen atoms in total. The number of rotatable bonds is 5. The van der Waals surface area contributed by atoms with Crippen LogP contribution in [0.15, 0.2) is 11.6 Å². The number of hydrogen-bond acceptors (Lipinski definition) is 4. The van der Waals surface area contributed by atoms with Crippen LogP contribution in [0.2, 0.25) is 0 Å². The standard InChI is InChI=1S/C10H15NO2S/c1-3-10(13,4-2)8(12)7-9-11-5-6-14-9/h5-6,13H,3-4,7H2,1-2H3. The number of Topliss-reactive ketones (excluding diaryl/α,β-unsaturated/α-hetero) is 1. The summed E-state index contributed by atoms with van der Waals surface area (Å²) in [6.45, 7) is 3.65. The second kappa shape index (κ2) is 4.66. The van der Waals surface area contributed by atoms with Gasteiger partial charge >= 0.3 is 0 Å². The molecule has 0 radical (unpaired) electrons. The Labute approximate surface area is 87.8 Å². The Bertz CT molecular complexity index is 291. The van der Waals surface area contributed by atoms with Gasteiger partial charge in [0.25, 0.3) is 0 Å². The summed E-state index contributed by atoms with van der Waals surface area (Å²) < 4.78 is 0. The minimum Gasteiger partial charge on any atom is -0.382 e. The highest BCUT2D eigenvalue weighted by Crippen LogP contribution is 2.19. The fourth-order valence-electron chi connectivity index (χ4n) is 1.29. The van der Waals surface area contributed by atoms with Crippen LogP contribution < -0.4 is 0 Å². The number of nitrogens with zero attached hydrogens (tertiary/aromatic N) is 1. The summed E-state index contributed by atoms with van der Waals surface area (Å²) in [5, 5.41) is 12.5. The van der Waals surface area contributed by atoms with E-state index in [0.717, 1.165) is 5.01 Å². The maximum atomic E-state index is 11.7. The average Bonchev–Trinajstić information content (AvgIpc) is 2.69. The van der Waals surface area contributed by atoms with E-state index < -0.39 is 5.60 Å². The molecular weight excluding hydrogens is 198 g/mol. The summed E-state index contributed by atoms with van der Waals surface area (Å²) in [6, 6.07) is 0. The maximum absolute atomic E-state index is 11.7. The first-order valence-corrected chi connectivity index (χ1v) is 5.64. The van der Waals surface area contributed by atoms with E-state index in [4.69, 9.17) is 0 Å². The Hall–Kier alpha value is -0.740. The van der Waals surface area contributed by atoms with E-state index in [0.29, 0.717) is 12.8 Å². The van der Waals surface area contributed by atoms with Gasteiger partial charge in [-0.05, 0) is 12.8 Å². The van der Waals surface area contributed by atoms with Crippen LogP contribution in [0, 0.1) is 0 Å². The van der Waals surface area contributed by atoms with Gasteiger partial charge < -0.3 is 5.11 Å². The van der Waals surface area contributed by atoms with Gasteiger partial charge in [-0.3, -0.25) is 4.79 Å². The molecule has 0 aliphatic rings. The summed E-state index contributed by atoms with van der Waals surface area (Å²) in [5.74, 6) is -0.127. The predicted molar refractivity (Wildman–Crippen MR) is 56.4 cm³/mol. The molecule has 0 saturated carbocycles. The molecule has 14 heavy (non-hydrogen) atoms. The predicted octanol–water partition coefficient (Wildman–Crippen LogP) is 1.81. The Kier molecular flexibility index (Phi) is 3.77. The summed E-state index contributed by atoms with van der Waals surface area (Å²) >= 11 is 1.45. The highest BCUT2D eigenvalue weighted by Gasteiger charge is 2.31. The first-order chi connectivity index (χ1) is 6.62. The fraction of sp³-hybridized carbons (Fsp3) is 0.600. The Morgan fingerprint density at radius 2 is 2.21 bits per heavy atom. The van der Waals surface area contributed by atoms with Gasteiger partial charge in [0.05, 0.1) is 11.4 Å². The van der Waals surface area contributed by atoms with Gasteiger partial charge in [-0.2, -0.15) is 0 Å². The Morgan fingerprint density at radius 1 is 1.57 bits per heavy atom. The van der Waals surface area contributed by atoms with Crippen molar-refractivity contribution in [2.75, 3.05) is 0 Å². The molecule has 0 spiro atoms. The van der Waals surface area contributed by atoms with Crippen LogP contribution in [0.1, 0.15) is 31.7 Å². The zero-order chi connectivity index (χ0) is 10.6. The molecule has 1 aromatic rings. The molecule has 0 saturated heterocycles. The first-order valence-electron chi connectivity index (χ1n) is 4.76. The third-order valence-corrected chi connectivity index (χ3v) is 3.26. The van der Waals surface area contributed by atoms with Crippen molar-refractivity contribution in [2.45, 2.75) is 38.7 Å². The lowest BCUT2D eigenvalue weighted by atomic mass is 9.91. The van der Waals surface area contributed by atoms with Crippen LogP contribution in [0.25, 0.3) is 0 Å². The second-order valence-electron chi connectivity index (χ2n) is 3.26. The zero-order valence-corrected chi connectivity index (χ0v) is 9.30. The lowest BCUT2D eigenvalue weighted by Crippen LogP contribution is -2.38. The summed E-state index contributed by atoms with van der Waals surface area (Å²) in [7, 11) is 0. The zero-order valence-electron chi connectivity index (χ0n) is 8.49. The van der Waals surface area contributed by atoms with Gasteiger partial charge in [-0.15, -0.1) is 11.3 Å². The van der Waals surface area contributed by atoms with E-state index in [1.54, 1.807) is 6.20 Å². The number of carbonyl (C=O) groups excluding carboxylic acids is 1. The fourth-order valence-corrected chi connectivity index (χ4v) is 1.90. The van der Waals surface area contributed by atoms with E-state index >= 15 is 0 Å². The highest BCUT2D eigenvalue weighted by molar-refractivity contribution is 7.09. The van der Waals surface area contributed by atoms with Crippen molar-refractivity contribution >= 4 is 17.1 Å². The molecule has 0 atom stereocenters. The summed E-state index contributed by atoms with van der Waals surface area (Å²) in [6.07, 6.45) is 2.85. The topological polar surface area (TPSA) is 50.2 Å². The lowest BCUT2D eigenvalue weighted by molar-refractivity contribution is -0.137. The summed E-state index contributed by atoms with van der Waals surface area (Å²) in [4.78, 5) is 15.7. The van der Waals surface area contributed by atoms with Crippen molar-refractivity contribution in [3.8, 4) is 0 Å². The van der Waals surface area contributed by atoms with Gasteiger partial charge in [0.15, 0.2) is 5.78 Å². The van der Waals surface area contributed by atoms with Crippen LogP contribution in [0.5, 0.6) is 0 Å². The summed E-state index contributed by atoms with van der Waals surface area (Å²) in [5.41, 5.74) is -1.16.